The van der Waals surface area contributed by atoms with Crippen LogP contribution in [0.2, 0.25) is 0 Å². The molecule has 1 N–H and O–H groups in total. The molecule has 2 aromatic rings. The number of ether oxygens (including phenoxy) is 1. The maximum atomic E-state index is 10.9. The molecule has 156 valence electrons. The van der Waals surface area contributed by atoms with E-state index in [1.54, 1.807) is 0 Å². The molecule has 3 nitrogen and oxygen atoms in total. The first kappa shape index (κ1) is 20.5. The molecular weight excluding hydrogens is 372 g/mol. The number of aliphatic carboxylic acids is 1. The van der Waals surface area contributed by atoms with Gasteiger partial charge < -0.3 is 9.84 Å². The minimum Gasteiger partial charge on any atom is -0.492 e. The van der Waals surface area contributed by atoms with Gasteiger partial charge in [-0.2, -0.15) is 0 Å². The Balaban J connectivity index is 1.67. The molecule has 2 aromatic carbocycles. The Hall–Kier alpha value is -2.81. The third-order valence-electron chi connectivity index (χ3n) is 6.61. The largest absolute Gasteiger partial charge is 0.492 e. The highest BCUT2D eigenvalue weighted by molar-refractivity contribution is 5.81. The van der Waals surface area contributed by atoms with Gasteiger partial charge in [0, 0.05) is 23.5 Å². The van der Waals surface area contributed by atoms with Gasteiger partial charge in [0.05, 0.1) is 6.61 Å². The summed E-state index contributed by atoms with van der Waals surface area (Å²) in [6.07, 6.45) is 7.30. The Bertz CT molecular complexity index is 1030. The number of carbonyl (C=O) groups is 1. The highest BCUT2D eigenvalue weighted by atomic mass is 16.5. The van der Waals surface area contributed by atoms with Gasteiger partial charge in [0.15, 0.2) is 0 Å². The fourth-order valence-electron chi connectivity index (χ4n) is 4.49. The fraction of sp³-hybridized carbons (Fsp3) is 0.370. The lowest BCUT2D eigenvalue weighted by atomic mass is 9.81. The van der Waals surface area contributed by atoms with Crippen LogP contribution in [0.1, 0.15) is 56.4 Å². The van der Waals surface area contributed by atoms with Crippen molar-refractivity contribution in [3.05, 3.63) is 88.5 Å². The van der Waals surface area contributed by atoms with Crippen LogP contribution in [0, 0.1) is 5.92 Å². The van der Waals surface area contributed by atoms with Crippen molar-refractivity contribution in [2.45, 2.75) is 51.4 Å². The van der Waals surface area contributed by atoms with Gasteiger partial charge in [0.1, 0.15) is 5.75 Å². The molecular formula is C27H30O3. The number of rotatable bonds is 6. The molecule has 2 atom stereocenters. The molecule has 1 saturated carbocycles. The Kier molecular flexibility index (Phi) is 5.09. The van der Waals surface area contributed by atoms with Crippen LogP contribution in [0.3, 0.4) is 0 Å². The summed E-state index contributed by atoms with van der Waals surface area (Å²) in [6, 6.07) is 15.2. The highest BCUT2D eigenvalue weighted by Gasteiger charge is 2.50. The third-order valence-corrected chi connectivity index (χ3v) is 6.61. The van der Waals surface area contributed by atoms with Crippen molar-refractivity contribution in [1.29, 1.82) is 0 Å². The molecule has 0 unspecified atom stereocenters. The molecule has 0 amide bonds. The maximum Gasteiger partial charge on any atom is 0.328 e. The van der Waals surface area contributed by atoms with Crippen LogP contribution in [0.5, 0.6) is 5.75 Å². The zero-order valence-corrected chi connectivity index (χ0v) is 18.2. The summed E-state index contributed by atoms with van der Waals surface area (Å²) in [6.45, 7) is 9.36. The number of allylic oxidation sites excluding steroid dienone is 3. The summed E-state index contributed by atoms with van der Waals surface area (Å²) < 4.78 is 6.17. The first-order chi connectivity index (χ1) is 14.2. The SMILES string of the molecule is CC(/C=C/[C@@H]1C[C@]1(C)c1cc(Cc2ccccc2)c2c(c1)C(C)(C)CO2)=C\C(=O)O. The monoisotopic (exact) mass is 402 g/mol. The van der Waals surface area contributed by atoms with Gasteiger partial charge in [-0.05, 0) is 46.9 Å². The van der Waals surface area contributed by atoms with Crippen molar-refractivity contribution >= 4 is 5.97 Å². The Morgan fingerprint density at radius 3 is 2.63 bits per heavy atom. The van der Waals surface area contributed by atoms with Crippen molar-refractivity contribution in [2.75, 3.05) is 6.61 Å². The average Bonchev–Trinajstić information content (AvgIpc) is 3.26. The van der Waals surface area contributed by atoms with Crippen LogP contribution in [0.25, 0.3) is 0 Å². The van der Waals surface area contributed by atoms with E-state index in [0.717, 1.165) is 24.2 Å². The number of fused-ring (bicyclic) bond motifs is 1. The van der Waals surface area contributed by atoms with Gasteiger partial charge in [-0.15, -0.1) is 0 Å². The molecule has 1 fully saturated rings. The summed E-state index contributed by atoms with van der Waals surface area (Å²) in [5.74, 6) is 0.578. The number of carboxylic acids is 1. The predicted octanol–water partition coefficient (Wildman–Crippen LogP) is 5.81. The molecule has 1 aliphatic carbocycles. The van der Waals surface area contributed by atoms with Crippen LogP contribution in [0.4, 0.5) is 0 Å². The topological polar surface area (TPSA) is 46.5 Å². The van der Waals surface area contributed by atoms with Gasteiger partial charge >= 0.3 is 5.97 Å². The summed E-state index contributed by atoms with van der Waals surface area (Å²) in [5, 5.41) is 8.91. The summed E-state index contributed by atoms with van der Waals surface area (Å²) >= 11 is 0. The second-order valence-electron chi connectivity index (χ2n) is 9.66. The smallest absolute Gasteiger partial charge is 0.328 e. The normalized spacial score (nSPS) is 24.5. The van der Waals surface area contributed by atoms with Crippen LogP contribution >= 0.6 is 0 Å². The van der Waals surface area contributed by atoms with Gasteiger partial charge in [0.25, 0.3) is 0 Å². The molecule has 0 saturated heterocycles. The van der Waals surface area contributed by atoms with Crippen LogP contribution in [-0.4, -0.2) is 17.7 Å². The molecule has 4 rings (SSSR count). The van der Waals surface area contributed by atoms with Crippen molar-refractivity contribution in [1.82, 2.24) is 0 Å². The van der Waals surface area contributed by atoms with Crippen molar-refractivity contribution in [2.24, 2.45) is 5.92 Å². The van der Waals surface area contributed by atoms with Crippen molar-refractivity contribution in [3.8, 4) is 5.75 Å². The summed E-state index contributed by atoms with van der Waals surface area (Å²) in [4.78, 5) is 10.9. The summed E-state index contributed by atoms with van der Waals surface area (Å²) in [7, 11) is 0. The Morgan fingerprint density at radius 2 is 1.93 bits per heavy atom. The third kappa shape index (κ3) is 3.94. The van der Waals surface area contributed by atoms with E-state index in [9.17, 15) is 4.79 Å². The van der Waals surface area contributed by atoms with Crippen molar-refractivity contribution in [3.63, 3.8) is 0 Å². The Labute approximate surface area is 179 Å². The predicted molar refractivity (Wildman–Crippen MR) is 120 cm³/mol. The van der Waals surface area contributed by atoms with Crippen LogP contribution < -0.4 is 4.74 Å². The van der Waals surface area contributed by atoms with E-state index >= 15 is 0 Å². The van der Waals surface area contributed by atoms with E-state index in [-0.39, 0.29) is 10.8 Å². The first-order valence-corrected chi connectivity index (χ1v) is 10.6. The molecule has 0 spiro atoms. The number of hydrogen-bond acceptors (Lipinski definition) is 2. The highest BCUT2D eigenvalue weighted by Crippen LogP contribution is 2.57. The van der Waals surface area contributed by atoms with E-state index in [0.29, 0.717) is 12.5 Å². The second-order valence-corrected chi connectivity index (χ2v) is 9.66. The average molecular weight is 403 g/mol. The van der Waals surface area contributed by atoms with E-state index in [4.69, 9.17) is 9.84 Å². The van der Waals surface area contributed by atoms with Gasteiger partial charge in [-0.3, -0.25) is 0 Å². The standard InChI is InChI=1S/C27H30O3/c1-18(12-24(28)29)10-11-21-16-27(21,4)22-14-20(13-19-8-6-5-7-9-19)25-23(15-22)26(2,3)17-30-25/h5-12,14-15,21H,13,16-17H2,1-4H3,(H,28,29)/b11-10+,18-12+/t21-,27+/m1/s1. The molecule has 2 aliphatic rings. The van der Waals surface area contributed by atoms with E-state index < -0.39 is 5.97 Å². The molecule has 1 aliphatic heterocycles. The zero-order valence-electron chi connectivity index (χ0n) is 18.2. The summed E-state index contributed by atoms with van der Waals surface area (Å²) in [5.41, 5.74) is 6.08. The van der Waals surface area contributed by atoms with Gasteiger partial charge in [-0.25, -0.2) is 4.79 Å². The van der Waals surface area contributed by atoms with Crippen molar-refractivity contribution < 1.29 is 14.6 Å². The second kappa shape index (κ2) is 7.46. The van der Waals surface area contributed by atoms with E-state index in [1.165, 1.54) is 28.3 Å². The maximum absolute atomic E-state index is 10.9. The number of carboxylic acid groups (broad SMARTS) is 1. The molecule has 30 heavy (non-hydrogen) atoms. The quantitative estimate of drug-likeness (QED) is 0.490. The molecule has 0 radical (unpaired) electrons. The molecule has 3 heteroatoms. The molecule has 0 aromatic heterocycles. The Morgan fingerprint density at radius 1 is 1.20 bits per heavy atom. The number of benzene rings is 2. The van der Waals surface area contributed by atoms with Crippen LogP contribution in [-0.2, 0) is 22.0 Å². The lowest BCUT2D eigenvalue weighted by molar-refractivity contribution is -0.131. The molecule has 1 heterocycles. The zero-order chi connectivity index (χ0) is 21.5. The lowest BCUT2D eigenvalue weighted by Crippen LogP contribution is -2.19. The molecule has 0 bridgehead atoms. The minimum atomic E-state index is -0.901. The lowest BCUT2D eigenvalue weighted by Gasteiger charge is -2.20. The van der Waals surface area contributed by atoms with Gasteiger partial charge in [0.2, 0.25) is 0 Å². The van der Waals surface area contributed by atoms with E-state index in [2.05, 4.69) is 63.2 Å². The fourth-order valence-corrected chi connectivity index (χ4v) is 4.49. The van der Waals surface area contributed by atoms with E-state index in [1.807, 2.05) is 19.1 Å². The van der Waals surface area contributed by atoms with Gasteiger partial charge in [-0.1, -0.05) is 75.4 Å². The number of hydrogen-bond donors (Lipinski definition) is 1. The minimum absolute atomic E-state index is 0.00812. The first-order valence-electron chi connectivity index (χ1n) is 10.6. The van der Waals surface area contributed by atoms with Crippen LogP contribution in [0.15, 0.2) is 66.3 Å².